The highest BCUT2D eigenvalue weighted by atomic mass is 16.1. The molecule has 3 aromatic rings. The lowest BCUT2D eigenvalue weighted by Gasteiger charge is -2.16. The van der Waals surface area contributed by atoms with Gasteiger partial charge in [-0.25, -0.2) is 4.98 Å². The molecule has 1 amide bonds. The second-order valence-corrected chi connectivity index (χ2v) is 7.43. The van der Waals surface area contributed by atoms with E-state index >= 15 is 0 Å². The standard InChI is InChI=1S/C23H26N4O2/c28-22(25-14-13-24-18-8-4-3-5-9-18)17-11-12-19-20(16-17)26-21-10-6-1-2-7-15-27(21)23(19)29/h3-5,8-9,11-12,16,24H,1-2,6-7,10,13-15H2,(H,25,28). The molecule has 6 nitrogen and oxygen atoms in total. The minimum atomic E-state index is -0.157. The summed E-state index contributed by atoms with van der Waals surface area (Å²) in [5, 5.41) is 6.76. The molecule has 0 aliphatic carbocycles. The molecule has 1 aromatic heterocycles. The maximum atomic E-state index is 12.9. The first-order valence-electron chi connectivity index (χ1n) is 10.3. The summed E-state index contributed by atoms with van der Waals surface area (Å²) in [5.74, 6) is 0.683. The van der Waals surface area contributed by atoms with Crippen LogP contribution in [-0.4, -0.2) is 28.5 Å². The first-order chi connectivity index (χ1) is 14.2. The van der Waals surface area contributed by atoms with Crippen LogP contribution in [0.1, 0.15) is 41.9 Å². The number of nitrogens with one attached hydrogen (secondary N) is 2. The summed E-state index contributed by atoms with van der Waals surface area (Å²) in [5.41, 5.74) is 2.16. The van der Waals surface area contributed by atoms with E-state index in [1.165, 1.54) is 6.42 Å². The Kier molecular flexibility index (Phi) is 5.89. The molecule has 2 aromatic carbocycles. The molecule has 0 saturated heterocycles. The number of hydrogen-bond acceptors (Lipinski definition) is 4. The highest BCUT2D eigenvalue weighted by molar-refractivity contribution is 5.97. The molecule has 0 bridgehead atoms. The second-order valence-electron chi connectivity index (χ2n) is 7.43. The van der Waals surface area contributed by atoms with Gasteiger partial charge in [-0.15, -0.1) is 0 Å². The Labute approximate surface area is 170 Å². The van der Waals surface area contributed by atoms with Crippen LogP contribution in [0.5, 0.6) is 0 Å². The average molecular weight is 390 g/mol. The van der Waals surface area contributed by atoms with E-state index in [0.717, 1.165) is 43.7 Å². The Balaban J connectivity index is 1.47. The lowest BCUT2D eigenvalue weighted by Crippen LogP contribution is -2.29. The molecule has 6 heteroatoms. The second kappa shape index (κ2) is 8.90. The van der Waals surface area contributed by atoms with Gasteiger partial charge < -0.3 is 10.6 Å². The summed E-state index contributed by atoms with van der Waals surface area (Å²) in [4.78, 5) is 30.1. The largest absolute Gasteiger partial charge is 0.383 e. The van der Waals surface area contributed by atoms with E-state index in [4.69, 9.17) is 4.98 Å². The van der Waals surface area contributed by atoms with Crippen LogP contribution in [0.25, 0.3) is 10.9 Å². The smallest absolute Gasteiger partial charge is 0.261 e. The molecule has 2 heterocycles. The van der Waals surface area contributed by atoms with Crippen LogP contribution in [0.4, 0.5) is 5.69 Å². The lowest BCUT2D eigenvalue weighted by molar-refractivity contribution is 0.0955. The number of amides is 1. The number of aryl methyl sites for hydroxylation is 1. The van der Waals surface area contributed by atoms with Crippen molar-refractivity contribution in [2.24, 2.45) is 0 Å². The molecule has 4 rings (SSSR count). The monoisotopic (exact) mass is 390 g/mol. The summed E-state index contributed by atoms with van der Waals surface area (Å²) in [6.07, 6.45) is 5.20. The molecule has 0 spiro atoms. The van der Waals surface area contributed by atoms with Gasteiger partial charge in [-0.05, 0) is 43.2 Å². The number of para-hydroxylation sites is 1. The number of fused-ring (bicyclic) bond motifs is 2. The van der Waals surface area contributed by atoms with Gasteiger partial charge in [-0.3, -0.25) is 14.2 Å². The Bertz CT molecular complexity index is 1060. The number of benzene rings is 2. The van der Waals surface area contributed by atoms with Crippen molar-refractivity contribution in [1.82, 2.24) is 14.9 Å². The summed E-state index contributed by atoms with van der Waals surface area (Å²) < 4.78 is 1.82. The molecule has 1 aliphatic rings. The first-order valence-corrected chi connectivity index (χ1v) is 10.3. The molecular formula is C23H26N4O2. The van der Waals surface area contributed by atoms with Crippen molar-refractivity contribution < 1.29 is 4.79 Å². The zero-order valence-corrected chi connectivity index (χ0v) is 16.5. The third-order valence-corrected chi connectivity index (χ3v) is 5.34. The number of nitrogens with zero attached hydrogens (tertiary/aromatic N) is 2. The maximum Gasteiger partial charge on any atom is 0.261 e. The molecule has 150 valence electrons. The van der Waals surface area contributed by atoms with Crippen LogP contribution in [-0.2, 0) is 13.0 Å². The Hall–Kier alpha value is -3.15. The van der Waals surface area contributed by atoms with E-state index in [1.807, 2.05) is 34.9 Å². The highest BCUT2D eigenvalue weighted by Gasteiger charge is 2.14. The van der Waals surface area contributed by atoms with E-state index in [9.17, 15) is 9.59 Å². The van der Waals surface area contributed by atoms with Crippen LogP contribution in [0, 0.1) is 0 Å². The van der Waals surface area contributed by atoms with Crippen molar-refractivity contribution in [2.75, 3.05) is 18.4 Å². The predicted molar refractivity (Wildman–Crippen MR) is 115 cm³/mol. The Morgan fingerprint density at radius 3 is 2.69 bits per heavy atom. The molecule has 0 saturated carbocycles. The minimum absolute atomic E-state index is 0.00548. The van der Waals surface area contributed by atoms with Gasteiger partial charge in [-0.2, -0.15) is 0 Å². The lowest BCUT2D eigenvalue weighted by atomic mass is 10.1. The van der Waals surface area contributed by atoms with E-state index in [2.05, 4.69) is 10.6 Å². The van der Waals surface area contributed by atoms with Crippen LogP contribution in [0.3, 0.4) is 0 Å². The molecule has 0 unspecified atom stereocenters. The first kappa shape index (κ1) is 19.2. The fourth-order valence-corrected chi connectivity index (χ4v) is 3.78. The van der Waals surface area contributed by atoms with Gasteiger partial charge in [0.2, 0.25) is 0 Å². The summed E-state index contributed by atoms with van der Waals surface area (Å²) in [6, 6.07) is 15.0. The van der Waals surface area contributed by atoms with Crippen LogP contribution in [0.2, 0.25) is 0 Å². The molecular weight excluding hydrogens is 364 g/mol. The predicted octanol–water partition coefficient (Wildman–Crippen LogP) is 3.35. The minimum Gasteiger partial charge on any atom is -0.383 e. The van der Waals surface area contributed by atoms with E-state index in [0.29, 0.717) is 29.6 Å². The van der Waals surface area contributed by atoms with Gasteiger partial charge in [0.15, 0.2) is 0 Å². The summed E-state index contributed by atoms with van der Waals surface area (Å²) in [7, 11) is 0. The highest BCUT2D eigenvalue weighted by Crippen LogP contribution is 2.16. The van der Waals surface area contributed by atoms with E-state index < -0.39 is 0 Å². The zero-order chi connectivity index (χ0) is 20.1. The Morgan fingerprint density at radius 2 is 1.83 bits per heavy atom. The van der Waals surface area contributed by atoms with Gasteiger partial charge in [0, 0.05) is 37.3 Å². The fraction of sp³-hybridized carbons (Fsp3) is 0.348. The number of hydrogen-bond donors (Lipinski definition) is 2. The van der Waals surface area contributed by atoms with Crippen molar-refractivity contribution in [3.63, 3.8) is 0 Å². The number of carbonyl (C=O) groups excluding carboxylic acids is 1. The number of carbonyl (C=O) groups is 1. The molecule has 0 radical (unpaired) electrons. The van der Waals surface area contributed by atoms with Gasteiger partial charge in [-0.1, -0.05) is 31.0 Å². The fourth-order valence-electron chi connectivity index (χ4n) is 3.78. The SMILES string of the molecule is O=C(NCCNc1ccccc1)c1ccc2c(=O)n3c(nc2c1)CCCCCC3. The molecule has 29 heavy (non-hydrogen) atoms. The normalized spacial score (nSPS) is 13.9. The summed E-state index contributed by atoms with van der Waals surface area (Å²) >= 11 is 0. The van der Waals surface area contributed by atoms with Crippen LogP contribution in [0.15, 0.2) is 53.3 Å². The quantitative estimate of drug-likeness (QED) is 0.655. The Morgan fingerprint density at radius 1 is 1.00 bits per heavy atom. The molecule has 0 fully saturated rings. The summed E-state index contributed by atoms with van der Waals surface area (Å²) in [6.45, 7) is 1.87. The molecule has 2 N–H and O–H groups in total. The van der Waals surface area contributed by atoms with Crippen molar-refractivity contribution in [3.05, 3.63) is 70.3 Å². The third-order valence-electron chi connectivity index (χ3n) is 5.34. The molecule has 0 atom stereocenters. The van der Waals surface area contributed by atoms with Crippen molar-refractivity contribution in [1.29, 1.82) is 0 Å². The van der Waals surface area contributed by atoms with Gasteiger partial charge in [0.25, 0.3) is 11.5 Å². The number of rotatable bonds is 5. The van der Waals surface area contributed by atoms with Gasteiger partial charge >= 0.3 is 0 Å². The van der Waals surface area contributed by atoms with Crippen LogP contribution < -0.4 is 16.2 Å². The third kappa shape index (κ3) is 4.47. The average Bonchev–Trinajstić information content (AvgIpc) is 2.73. The van der Waals surface area contributed by atoms with Crippen molar-refractivity contribution in [3.8, 4) is 0 Å². The van der Waals surface area contributed by atoms with Gasteiger partial charge in [0.1, 0.15) is 5.82 Å². The topological polar surface area (TPSA) is 76.0 Å². The maximum absolute atomic E-state index is 12.9. The van der Waals surface area contributed by atoms with Crippen molar-refractivity contribution >= 4 is 22.5 Å². The van der Waals surface area contributed by atoms with Gasteiger partial charge in [0.05, 0.1) is 10.9 Å². The van der Waals surface area contributed by atoms with Crippen molar-refractivity contribution in [2.45, 2.75) is 38.6 Å². The number of aromatic nitrogens is 2. The zero-order valence-electron chi connectivity index (χ0n) is 16.5. The number of anilines is 1. The van der Waals surface area contributed by atoms with Crippen LogP contribution >= 0.6 is 0 Å². The van der Waals surface area contributed by atoms with E-state index in [-0.39, 0.29) is 11.5 Å². The molecule has 1 aliphatic heterocycles. The van der Waals surface area contributed by atoms with E-state index in [1.54, 1.807) is 18.2 Å².